The van der Waals surface area contributed by atoms with Crippen LogP contribution in [0.4, 0.5) is 0 Å². The van der Waals surface area contributed by atoms with Gasteiger partial charge < -0.3 is 14.8 Å². The van der Waals surface area contributed by atoms with Gasteiger partial charge in [0, 0.05) is 5.92 Å². The summed E-state index contributed by atoms with van der Waals surface area (Å²) >= 11 is 1.28. The molecule has 29 heavy (non-hydrogen) atoms. The van der Waals surface area contributed by atoms with Crippen LogP contribution in [0.5, 0.6) is 11.5 Å². The molecule has 2 heterocycles. The van der Waals surface area contributed by atoms with Crippen LogP contribution < -0.4 is 14.8 Å². The van der Waals surface area contributed by atoms with Crippen molar-refractivity contribution in [3.63, 3.8) is 0 Å². The Hall–Kier alpha value is -2.79. The van der Waals surface area contributed by atoms with Gasteiger partial charge in [0.05, 0.1) is 17.5 Å². The number of hydrogen-bond acceptors (Lipinski definition) is 7. The summed E-state index contributed by atoms with van der Waals surface area (Å²) in [5, 5.41) is 13.0. The number of aryl methyl sites for hydroxylation is 1. The monoisotopic (exact) mass is 410 g/mol. The van der Waals surface area contributed by atoms with Crippen LogP contribution in [-0.4, -0.2) is 34.8 Å². The number of carbonyl (C=O) groups excluding carboxylic acids is 1. The Morgan fingerprint density at radius 2 is 2.07 bits per heavy atom. The minimum Gasteiger partial charge on any atom is -0.486 e. The summed E-state index contributed by atoms with van der Waals surface area (Å²) in [7, 11) is 0. The predicted molar refractivity (Wildman–Crippen MR) is 108 cm³/mol. The summed E-state index contributed by atoms with van der Waals surface area (Å²) < 4.78 is 11.1. The zero-order valence-electron chi connectivity index (χ0n) is 16.4. The van der Waals surface area contributed by atoms with E-state index in [0.717, 1.165) is 30.0 Å². The first-order valence-corrected chi connectivity index (χ1v) is 10.6. The Balaban J connectivity index is 1.39. The SMILES string of the molecule is Cc1nc(C2CC2)nc(SCC(=O)N[C@H](C)c2ccc3c(c2)OCCO3)c1C#N. The molecule has 7 nitrogen and oxygen atoms in total. The molecule has 0 saturated heterocycles. The molecule has 1 saturated carbocycles. The molecule has 1 aromatic carbocycles. The fraction of sp³-hybridized carbons (Fsp3) is 0.429. The lowest BCUT2D eigenvalue weighted by molar-refractivity contribution is -0.119. The number of thioether (sulfide) groups is 1. The maximum absolute atomic E-state index is 12.5. The van der Waals surface area contributed by atoms with Gasteiger partial charge in [0.1, 0.15) is 35.7 Å². The van der Waals surface area contributed by atoms with Crippen molar-refractivity contribution in [2.45, 2.75) is 43.7 Å². The zero-order chi connectivity index (χ0) is 20.4. The zero-order valence-corrected chi connectivity index (χ0v) is 17.2. The van der Waals surface area contributed by atoms with Crippen LogP contribution in [0, 0.1) is 18.3 Å². The number of aromatic nitrogens is 2. The summed E-state index contributed by atoms with van der Waals surface area (Å²) in [5.74, 6) is 2.67. The minimum atomic E-state index is -0.177. The minimum absolute atomic E-state index is 0.120. The molecule has 1 aliphatic heterocycles. The molecule has 0 spiro atoms. The molecule has 1 amide bonds. The molecule has 1 fully saturated rings. The van der Waals surface area contributed by atoms with E-state index in [2.05, 4.69) is 21.4 Å². The third-order valence-corrected chi connectivity index (χ3v) is 5.89. The van der Waals surface area contributed by atoms with Crippen molar-refractivity contribution >= 4 is 17.7 Å². The standard InChI is InChI=1S/C21H22N4O3S/c1-12(15-5-6-17-18(9-15)28-8-7-27-17)23-19(26)11-29-21-16(10-22)13(2)24-20(25-21)14-3-4-14/h5-6,9,12,14H,3-4,7-8,11H2,1-2H3,(H,23,26)/t12-/m1/s1. The molecular formula is C21H22N4O3S. The van der Waals surface area contributed by atoms with Gasteiger partial charge in [0.15, 0.2) is 11.5 Å². The number of ether oxygens (including phenoxy) is 2. The molecule has 8 heteroatoms. The second-order valence-electron chi connectivity index (χ2n) is 7.21. The summed E-state index contributed by atoms with van der Waals surface area (Å²) in [6.07, 6.45) is 2.17. The molecule has 2 aromatic rings. The van der Waals surface area contributed by atoms with Gasteiger partial charge in [-0.15, -0.1) is 0 Å². The molecule has 1 atom stereocenters. The third kappa shape index (κ3) is 4.46. The van der Waals surface area contributed by atoms with E-state index in [1.807, 2.05) is 32.0 Å². The summed E-state index contributed by atoms with van der Waals surface area (Å²) in [6, 6.07) is 7.68. The first kappa shape index (κ1) is 19.5. The van der Waals surface area contributed by atoms with Gasteiger partial charge in [-0.2, -0.15) is 5.26 Å². The van der Waals surface area contributed by atoms with E-state index in [-0.39, 0.29) is 17.7 Å². The average Bonchev–Trinajstić information content (AvgIpc) is 3.57. The van der Waals surface area contributed by atoms with E-state index in [9.17, 15) is 10.1 Å². The number of nitrogens with zero attached hydrogens (tertiary/aromatic N) is 3. The summed E-state index contributed by atoms with van der Waals surface area (Å²) in [6.45, 7) is 4.82. The van der Waals surface area contributed by atoms with Crippen LogP contribution in [0.25, 0.3) is 0 Å². The molecule has 0 radical (unpaired) electrons. The maximum atomic E-state index is 12.5. The van der Waals surface area contributed by atoms with Crippen molar-refractivity contribution in [1.82, 2.24) is 15.3 Å². The van der Waals surface area contributed by atoms with Crippen molar-refractivity contribution in [3.05, 3.63) is 40.8 Å². The highest BCUT2D eigenvalue weighted by atomic mass is 32.2. The number of hydrogen-bond donors (Lipinski definition) is 1. The van der Waals surface area contributed by atoms with Gasteiger partial charge in [-0.05, 0) is 44.4 Å². The van der Waals surface area contributed by atoms with E-state index >= 15 is 0 Å². The van der Waals surface area contributed by atoms with E-state index in [1.54, 1.807) is 0 Å². The molecule has 1 aliphatic carbocycles. The Morgan fingerprint density at radius 3 is 2.79 bits per heavy atom. The lowest BCUT2D eigenvalue weighted by atomic mass is 10.1. The lowest BCUT2D eigenvalue weighted by Crippen LogP contribution is -2.28. The maximum Gasteiger partial charge on any atom is 0.230 e. The molecule has 150 valence electrons. The van der Waals surface area contributed by atoms with E-state index < -0.39 is 0 Å². The molecular weight excluding hydrogens is 388 g/mol. The lowest BCUT2D eigenvalue weighted by Gasteiger charge is -2.21. The van der Waals surface area contributed by atoms with Crippen molar-refractivity contribution in [1.29, 1.82) is 5.26 Å². The van der Waals surface area contributed by atoms with Crippen LogP contribution in [-0.2, 0) is 4.79 Å². The van der Waals surface area contributed by atoms with Gasteiger partial charge in [-0.25, -0.2) is 9.97 Å². The number of amides is 1. The fourth-order valence-electron chi connectivity index (χ4n) is 3.15. The van der Waals surface area contributed by atoms with E-state index in [4.69, 9.17) is 9.47 Å². The van der Waals surface area contributed by atoms with Crippen molar-refractivity contribution in [2.75, 3.05) is 19.0 Å². The summed E-state index contributed by atoms with van der Waals surface area (Å²) in [4.78, 5) is 21.5. The second kappa shape index (κ2) is 8.29. The average molecular weight is 410 g/mol. The normalized spacial score (nSPS) is 16.0. The number of benzene rings is 1. The van der Waals surface area contributed by atoms with Crippen LogP contribution in [0.3, 0.4) is 0 Å². The van der Waals surface area contributed by atoms with Gasteiger partial charge in [0.25, 0.3) is 0 Å². The van der Waals surface area contributed by atoms with Crippen LogP contribution in [0.1, 0.15) is 54.4 Å². The van der Waals surface area contributed by atoms with Gasteiger partial charge in [0.2, 0.25) is 5.91 Å². The van der Waals surface area contributed by atoms with Crippen LogP contribution >= 0.6 is 11.8 Å². The van der Waals surface area contributed by atoms with Gasteiger partial charge in [-0.3, -0.25) is 4.79 Å². The second-order valence-corrected chi connectivity index (χ2v) is 8.18. The molecule has 1 aromatic heterocycles. The van der Waals surface area contributed by atoms with E-state index in [1.165, 1.54) is 11.8 Å². The van der Waals surface area contributed by atoms with Crippen molar-refractivity contribution in [2.24, 2.45) is 0 Å². The highest BCUT2D eigenvalue weighted by Crippen LogP contribution is 2.39. The number of rotatable bonds is 6. The Morgan fingerprint density at radius 1 is 1.31 bits per heavy atom. The Labute approximate surface area is 173 Å². The third-order valence-electron chi connectivity index (χ3n) is 4.91. The van der Waals surface area contributed by atoms with Crippen molar-refractivity contribution < 1.29 is 14.3 Å². The number of nitriles is 1. The van der Waals surface area contributed by atoms with Crippen LogP contribution in [0.2, 0.25) is 0 Å². The first-order chi connectivity index (χ1) is 14.0. The first-order valence-electron chi connectivity index (χ1n) is 9.65. The van der Waals surface area contributed by atoms with Crippen molar-refractivity contribution in [3.8, 4) is 17.6 Å². The molecule has 0 unspecified atom stereocenters. The largest absolute Gasteiger partial charge is 0.486 e. The Bertz CT molecular complexity index is 985. The molecule has 0 bridgehead atoms. The number of fused-ring (bicyclic) bond motifs is 1. The van der Waals surface area contributed by atoms with E-state index in [0.29, 0.717) is 41.2 Å². The summed E-state index contributed by atoms with van der Waals surface area (Å²) in [5.41, 5.74) is 2.07. The molecule has 4 rings (SSSR count). The molecule has 1 N–H and O–H groups in total. The highest BCUT2D eigenvalue weighted by molar-refractivity contribution is 8.00. The predicted octanol–water partition coefficient (Wildman–Crippen LogP) is 3.27. The quantitative estimate of drug-likeness (QED) is 0.576. The fourth-order valence-corrected chi connectivity index (χ4v) is 4.00. The van der Waals surface area contributed by atoms with Crippen LogP contribution in [0.15, 0.2) is 23.2 Å². The Kier molecular flexibility index (Phi) is 5.58. The number of nitrogens with one attached hydrogen (secondary N) is 1. The van der Waals surface area contributed by atoms with Gasteiger partial charge in [-0.1, -0.05) is 17.8 Å². The highest BCUT2D eigenvalue weighted by Gasteiger charge is 2.28. The topological polar surface area (TPSA) is 97.1 Å². The number of carbonyl (C=O) groups is 1. The molecule has 2 aliphatic rings. The van der Waals surface area contributed by atoms with Gasteiger partial charge >= 0.3 is 0 Å². The smallest absolute Gasteiger partial charge is 0.230 e.